The Bertz CT molecular complexity index is 870. The third-order valence-corrected chi connectivity index (χ3v) is 3.70. The van der Waals surface area contributed by atoms with Gasteiger partial charge < -0.3 is 0 Å². The molecule has 0 saturated carbocycles. The lowest BCUT2D eigenvalue weighted by Gasteiger charge is -2.04. The van der Waals surface area contributed by atoms with Crippen LogP contribution in [-0.2, 0) is 0 Å². The van der Waals surface area contributed by atoms with E-state index in [-0.39, 0.29) is 5.78 Å². The molecule has 1 aromatic heterocycles. The summed E-state index contributed by atoms with van der Waals surface area (Å²) in [6.07, 6.45) is 3.25. The van der Waals surface area contributed by atoms with Crippen molar-refractivity contribution in [3.8, 4) is 0 Å². The number of fused-ring (bicyclic) bond motifs is 1. The first-order chi connectivity index (χ1) is 10.6. The molecule has 0 aliphatic carbocycles. The molecule has 0 saturated heterocycles. The highest BCUT2D eigenvalue weighted by Gasteiger charge is 2.11. The van der Waals surface area contributed by atoms with Crippen molar-refractivity contribution in [3.63, 3.8) is 0 Å². The highest BCUT2D eigenvalue weighted by Crippen LogP contribution is 2.18. The molecule has 3 aromatic rings. The minimum atomic E-state index is -0.161. The number of benzene rings is 2. The van der Waals surface area contributed by atoms with Crippen molar-refractivity contribution in [3.05, 3.63) is 76.5 Å². The Kier molecular flexibility index (Phi) is 3.98. The standard InChI is InChI=1S/C18H13ClN2O/c1-12-15-4-2-3-5-16(15)20-21-18(12)17(22)11-8-13-6-9-14(19)10-7-13/h2-11H,1H3/b11-8+. The number of hydrogen-bond acceptors (Lipinski definition) is 3. The summed E-state index contributed by atoms with van der Waals surface area (Å²) in [5.41, 5.74) is 2.92. The van der Waals surface area contributed by atoms with Gasteiger partial charge >= 0.3 is 0 Å². The third kappa shape index (κ3) is 2.90. The first-order valence-corrected chi connectivity index (χ1v) is 7.23. The molecule has 2 aromatic carbocycles. The van der Waals surface area contributed by atoms with E-state index in [2.05, 4.69) is 10.2 Å². The van der Waals surface area contributed by atoms with Gasteiger partial charge in [-0.1, -0.05) is 48.0 Å². The summed E-state index contributed by atoms with van der Waals surface area (Å²) in [5.74, 6) is -0.161. The van der Waals surface area contributed by atoms with Gasteiger partial charge in [0.05, 0.1) is 5.52 Å². The van der Waals surface area contributed by atoms with E-state index in [1.54, 1.807) is 18.2 Å². The van der Waals surface area contributed by atoms with Gasteiger partial charge in [-0.2, -0.15) is 0 Å². The van der Waals surface area contributed by atoms with Gasteiger partial charge in [-0.3, -0.25) is 4.79 Å². The third-order valence-electron chi connectivity index (χ3n) is 3.45. The van der Waals surface area contributed by atoms with Crippen molar-refractivity contribution < 1.29 is 4.79 Å². The SMILES string of the molecule is Cc1c(C(=O)/C=C/c2ccc(Cl)cc2)nnc2ccccc12. The largest absolute Gasteiger partial charge is 0.287 e. The van der Waals surface area contributed by atoms with Crippen molar-refractivity contribution in [1.82, 2.24) is 10.2 Å². The summed E-state index contributed by atoms with van der Waals surface area (Å²) in [6.45, 7) is 1.89. The van der Waals surface area contributed by atoms with Crippen LogP contribution >= 0.6 is 11.6 Å². The van der Waals surface area contributed by atoms with Gasteiger partial charge in [0.2, 0.25) is 5.78 Å². The molecule has 3 rings (SSSR count). The number of ketones is 1. The van der Waals surface area contributed by atoms with E-state index in [1.165, 1.54) is 6.08 Å². The van der Waals surface area contributed by atoms with Crippen LogP contribution in [0.3, 0.4) is 0 Å². The van der Waals surface area contributed by atoms with E-state index in [4.69, 9.17) is 11.6 Å². The quantitative estimate of drug-likeness (QED) is 0.529. The van der Waals surface area contributed by atoms with Gasteiger partial charge in [-0.25, -0.2) is 0 Å². The molecule has 1 heterocycles. The first kappa shape index (κ1) is 14.4. The molecular formula is C18H13ClN2O. The lowest BCUT2D eigenvalue weighted by atomic mass is 10.1. The molecule has 0 aliphatic heterocycles. The number of carbonyl (C=O) groups excluding carboxylic acids is 1. The summed E-state index contributed by atoms with van der Waals surface area (Å²) in [4.78, 5) is 12.3. The van der Waals surface area contributed by atoms with Crippen molar-refractivity contribution >= 4 is 34.4 Å². The second-order valence-corrected chi connectivity index (χ2v) is 5.38. The van der Waals surface area contributed by atoms with Crippen LogP contribution in [0, 0.1) is 6.92 Å². The van der Waals surface area contributed by atoms with Gasteiger partial charge in [0.1, 0.15) is 5.69 Å². The maximum absolute atomic E-state index is 12.3. The van der Waals surface area contributed by atoms with Crippen LogP contribution in [-0.4, -0.2) is 16.0 Å². The van der Waals surface area contributed by atoms with Gasteiger partial charge in [-0.15, -0.1) is 10.2 Å². The molecule has 0 bridgehead atoms. The molecule has 0 spiro atoms. The van der Waals surface area contributed by atoms with Crippen LogP contribution in [0.4, 0.5) is 0 Å². The topological polar surface area (TPSA) is 42.9 Å². The highest BCUT2D eigenvalue weighted by molar-refractivity contribution is 6.30. The second-order valence-electron chi connectivity index (χ2n) is 4.94. The fourth-order valence-corrected chi connectivity index (χ4v) is 2.37. The number of halogens is 1. The molecular weight excluding hydrogens is 296 g/mol. The predicted molar refractivity (Wildman–Crippen MR) is 89.1 cm³/mol. The van der Waals surface area contributed by atoms with Crippen molar-refractivity contribution in [2.45, 2.75) is 6.92 Å². The molecule has 0 atom stereocenters. The van der Waals surface area contributed by atoms with Crippen molar-refractivity contribution in [1.29, 1.82) is 0 Å². The van der Waals surface area contributed by atoms with E-state index in [1.807, 2.05) is 43.3 Å². The van der Waals surface area contributed by atoms with E-state index in [0.717, 1.165) is 22.0 Å². The highest BCUT2D eigenvalue weighted by atomic mass is 35.5. The van der Waals surface area contributed by atoms with Crippen LogP contribution < -0.4 is 0 Å². The zero-order valence-corrected chi connectivity index (χ0v) is 12.7. The summed E-state index contributed by atoms with van der Waals surface area (Å²) in [6, 6.07) is 14.9. The molecule has 0 unspecified atom stereocenters. The second kappa shape index (κ2) is 6.08. The molecule has 108 valence electrons. The zero-order chi connectivity index (χ0) is 15.5. The smallest absolute Gasteiger partial charge is 0.206 e. The minimum Gasteiger partial charge on any atom is -0.287 e. The predicted octanol–water partition coefficient (Wildman–Crippen LogP) is 4.49. The number of aryl methyl sites for hydroxylation is 1. The minimum absolute atomic E-state index is 0.161. The summed E-state index contributed by atoms with van der Waals surface area (Å²) in [7, 11) is 0. The van der Waals surface area contributed by atoms with Gasteiger partial charge in [0, 0.05) is 10.4 Å². The number of carbonyl (C=O) groups is 1. The average Bonchev–Trinajstić information content (AvgIpc) is 2.55. The fourth-order valence-electron chi connectivity index (χ4n) is 2.24. The average molecular weight is 309 g/mol. The number of aromatic nitrogens is 2. The Morgan fingerprint density at radius 2 is 1.77 bits per heavy atom. The van der Waals surface area contributed by atoms with E-state index < -0.39 is 0 Å². The van der Waals surface area contributed by atoms with Gasteiger partial charge in [-0.05, 0) is 42.3 Å². The Balaban J connectivity index is 1.92. The summed E-state index contributed by atoms with van der Waals surface area (Å²) < 4.78 is 0. The lowest BCUT2D eigenvalue weighted by Crippen LogP contribution is -2.04. The van der Waals surface area contributed by atoms with E-state index in [9.17, 15) is 4.79 Å². The molecule has 0 radical (unpaired) electrons. The Hall–Kier alpha value is -2.52. The maximum atomic E-state index is 12.3. The van der Waals surface area contributed by atoms with Gasteiger partial charge in [0.15, 0.2) is 0 Å². The maximum Gasteiger partial charge on any atom is 0.206 e. The molecule has 0 amide bonds. The van der Waals surface area contributed by atoms with Crippen LogP contribution in [0.15, 0.2) is 54.6 Å². The molecule has 3 nitrogen and oxygen atoms in total. The first-order valence-electron chi connectivity index (χ1n) is 6.85. The van der Waals surface area contributed by atoms with Gasteiger partial charge in [0.25, 0.3) is 0 Å². The Morgan fingerprint density at radius 1 is 1.05 bits per heavy atom. The number of allylic oxidation sites excluding steroid dienone is 1. The normalized spacial score (nSPS) is 11.2. The molecule has 0 N–H and O–H groups in total. The monoisotopic (exact) mass is 308 g/mol. The molecule has 0 aliphatic rings. The van der Waals surface area contributed by atoms with Crippen LogP contribution in [0.1, 0.15) is 21.6 Å². The Labute approximate surface area is 133 Å². The zero-order valence-electron chi connectivity index (χ0n) is 12.0. The van der Waals surface area contributed by atoms with E-state index >= 15 is 0 Å². The van der Waals surface area contributed by atoms with Crippen molar-refractivity contribution in [2.24, 2.45) is 0 Å². The van der Waals surface area contributed by atoms with Crippen LogP contribution in [0.25, 0.3) is 17.0 Å². The molecule has 22 heavy (non-hydrogen) atoms. The van der Waals surface area contributed by atoms with Crippen LogP contribution in [0.5, 0.6) is 0 Å². The number of nitrogens with zero attached hydrogens (tertiary/aromatic N) is 2. The summed E-state index contributed by atoms with van der Waals surface area (Å²) in [5, 5.41) is 9.78. The molecule has 4 heteroatoms. The Morgan fingerprint density at radius 3 is 2.55 bits per heavy atom. The number of rotatable bonds is 3. The van der Waals surface area contributed by atoms with Crippen LogP contribution in [0.2, 0.25) is 5.02 Å². The summed E-state index contributed by atoms with van der Waals surface area (Å²) >= 11 is 5.84. The fraction of sp³-hybridized carbons (Fsp3) is 0.0556. The lowest BCUT2D eigenvalue weighted by molar-refractivity contribution is 0.104. The molecule has 0 fully saturated rings. The number of hydrogen-bond donors (Lipinski definition) is 0. The van der Waals surface area contributed by atoms with Crippen molar-refractivity contribution in [2.75, 3.05) is 0 Å². The van der Waals surface area contributed by atoms with E-state index in [0.29, 0.717) is 10.7 Å².